The van der Waals surface area contributed by atoms with Crippen LogP contribution >= 0.6 is 0 Å². The maximum atomic E-state index is 3.91. The van der Waals surface area contributed by atoms with E-state index in [0.717, 1.165) is 5.22 Å². The third-order valence-corrected chi connectivity index (χ3v) is 1.52. The van der Waals surface area contributed by atoms with Crippen LogP contribution in [0.2, 0.25) is 0 Å². The molecule has 0 nitrogen and oxygen atoms in total. The summed E-state index contributed by atoms with van der Waals surface area (Å²) in [5, 5.41) is 2.26. The fourth-order valence-electron chi connectivity index (χ4n) is 0.897. The van der Waals surface area contributed by atoms with Gasteiger partial charge in [-0.3, -0.25) is 0 Å². The molecule has 0 saturated carbocycles. The zero-order valence-corrected chi connectivity index (χ0v) is 6.75. The summed E-state index contributed by atoms with van der Waals surface area (Å²) in [5.41, 5.74) is 0. The fraction of sp³-hybridized carbons (Fsp3) is 0.0909. The quantitative estimate of drug-likeness (QED) is 0.559. The van der Waals surface area contributed by atoms with E-state index in [0.29, 0.717) is 0 Å². The third kappa shape index (κ3) is 2.08. The van der Waals surface area contributed by atoms with Crippen molar-refractivity contribution in [3.8, 4) is 0 Å². The second-order valence-electron chi connectivity index (χ2n) is 2.39. The third-order valence-electron chi connectivity index (χ3n) is 1.52. The van der Waals surface area contributed by atoms with Gasteiger partial charge in [0.05, 0.1) is 0 Å². The van der Waals surface area contributed by atoms with Crippen LogP contribution in [0.25, 0.3) is 12.7 Å². The molecule has 0 fully saturated rings. The number of benzene rings is 1. The average Bonchev–Trinajstić information content (AvgIpc) is 2.03. The maximum absolute atomic E-state index is 3.91. The van der Waals surface area contributed by atoms with Gasteiger partial charge in [0.15, 0.2) is 0 Å². The predicted octanol–water partition coefficient (Wildman–Crippen LogP) is 1.45. The minimum atomic E-state index is 1.07. The van der Waals surface area contributed by atoms with Crippen molar-refractivity contribution in [3.05, 3.63) is 46.9 Å². The SMILES string of the molecule is C=c1cccc/c1=C/C=C/C. The lowest BCUT2D eigenvalue weighted by molar-refractivity contribution is 1.53. The minimum absolute atomic E-state index is 1.07. The normalized spacial score (nSPS) is 12.6. The fourth-order valence-corrected chi connectivity index (χ4v) is 0.897. The van der Waals surface area contributed by atoms with Crippen LogP contribution in [0, 0.1) is 0 Å². The molecule has 0 aliphatic heterocycles. The van der Waals surface area contributed by atoms with E-state index in [1.165, 1.54) is 5.22 Å². The van der Waals surface area contributed by atoms with Gasteiger partial charge in [-0.1, -0.05) is 49.1 Å². The molecular weight excluding hydrogens is 132 g/mol. The lowest BCUT2D eigenvalue weighted by atomic mass is 10.2. The van der Waals surface area contributed by atoms with Crippen molar-refractivity contribution in [1.82, 2.24) is 0 Å². The highest BCUT2D eigenvalue weighted by molar-refractivity contribution is 5.37. The van der Waals surface area contributed by atoms with E-state index in [1.54, 1.807) is 0 Å². The Morgan fingerprint density at radius 1 is 1.27 bits per heavy atom. The standard InChI is InChI=1S/C11H12/c1-3-4-8-11-9-6-5-7-10(11)2/h3-9H,2H2,1H3/b4-3+,11-8-. The Labute approximate surface area is 67.2 Å². The average molecular weight is 144 g/mol. The first-order chi connectivity index (χ1) is 5.34. The molecule has 0 saturated heterocycles. The van der Waals surface area contributed by atoms with E-state index in [9.17, 15) is 0 Å². The second kappa shape index (κ2) is 3.77. The highest BCUT2D eigenvalue weighted by atomic mass is 13.8. The first kappa shape index (κ1) is 7.80. The molecule has 0 atom stereocenters. The summed E-state index contributed by atoms with van der Waals surface area (Å²) in [6, 6.07) is 8.08. The summed E-state index contributed by atoms with van der Waals surface area (Å²) in [5.74, 6) is 0. The molecule has 0 radical (unpaired) electrons. The Kier molecular flexibility index (Phi) is 2.67. The van der Waals surface area contributed by atoms with Gasteiger partial charge in [-0.05, 0) is 17.4 Å². The zero-order valence-electron chi connectivity index (χ0n) is 6.75. The van der Waals surface area contributed by atoms with Crippen molar-refractivity contribution in [2.24, 2.45) is 0 Å². The molecule has 0 spiro atoms. The van der Waals surface area contributed by atoms with Gasteiger partial charge in [0.25, 0.3) is 0 Å². The minimum Gasteiger partial charge on any atom is -0.0912 e. The van der Waals surface area contributed by atoms with Crippen molar-refractivity contribution >= 4 is 12.7 Å². The van der Waals surface area contributed by atoms with E-state index in [1.807, 2.05) is 37.3 Å². The molecule has 56 valence electrons. The summed E-state index contributed by atoms with van der Waals surface area (Å²) >= 11 is 0. The van der Waals surface area contributed by atoms with Gasteiger partial charge in [0.2, 0.25) is 0 Å². The number of rotatable bonds is 1. The van der Waals surface area contributed by atoms with Gasteiger partial charge in [-0.15, -0.1) is 0 Å². The highest BCUT2D eigenvalue weighted by Crippen LogP contribution is 1.73. The van der Waals surface area contributed by atoms with Gasteiger partial charge >= 0.3 is 0 Å². The second-order valence-corrected chi connectivity index (χ2v) is 2.39. The Hall–Kier alpha value is -1.30. The van der Waals surface area contributed by atoms with Crippen LogP contribution < -0.4 is 10.4 Å². The monoisotopic (exact) mass is 144 g/mol. The first-order valence-electron chi connectivity index (χ1n) is 3.71. The Morgan fingerprint density at radius 2 is 2.00 bits per heavy atom. The molecule has 0 unspecified atom stereocenters. The van der Waals surface area contributed by atoms with Crippen LogP contribution in [0.5, 0.6) is 0 Å². The molecule has 0 aliphatic carbocycles. The molecule has 0 N–H and O–H groups in total. The van der Waals surface area contributed by atoms with Crippen LogP contribution in [0.4, 0.5) is 0 Å². The molecule has 0 amide bonds. The largest absolute Gasteiger partial charge is 0.0912 e. The number of hydrogen-bond donors (Lipinski definition) is 0. The van der Waals surface area contributed by atoms with E-state index in [-0.39, 0.29) is 0 Å². The summed E-state index contributed by atoms with van der Waals surface area (Å²) in [4.78, 5) is 0. The van der Waals surface area contributed by atoms with Crippen molar-refractivity contribution < 1.29 is 0 Å². The summed E-state index contributed by atoms with van der Waals surface area (Å²) in [6.45, 7) is 5.91. The molecule has 0 heteroatoms. The van der Waals surface area contributed by atoms with E-state index in [4.69, 9.17) is 0 Å². The van der Waals surface area contributed by atoms with Crippen molar-refractivity contribution in [2.75, 3.05) is 0 Å². The Balaban J connectivity index is 3.24. The zero-order chi connectivity index (χ0) is 8.10. The van der Waals surface area contributed by atoms with E-state index in [2.05, 4.69) is 18.7 Å². The molecule has 11 heavy (non-hydrogen) atoms. The summed E-state index contributed by atoms with van der Waals surface area (Å²) < 4.78 is 0. The van der Waals surface area contributed by atoms with Crippen LogP contribution in [0.3, 0.4) is 0 Å². The van der Waals surface area contributed by atoms with Crippen molar-refractivity contribution in [2.45, 2.75) is 6.92 Å². The van der Waals surface area contributed by atoms with Gasteiger partial charge in [0, 0.05) is 0 Å². The summed E-state index contributed by atoms with van der Waals surface area (Å²) in [7, 11) is 0. The molecule has 1 aromatic carbocycles. The molecule has 0 aliphatic rings. The van der Waals surface area contributed by atoms with Crippen LogP contribution in [-0.2, 0) is 0 Å². The molecule has 0 bridgehead atoms. The topological polar surface area (TPSA) is 0 Å². The van der Waals surface area contributed by atoms with Gasteiger partial charge in [-0.2, -0.15) is 0 Å². The molecule has 0 aromatic heterocycles. The molecule has 1 aromatic rings. The van der Waals surface area contributed by atoms with Crippen LogP contribution in [0.15, 0.2) is 36.4 Å². The lowest BCUT2D eigenvalue weighted by Crippen LogP contribution is -2.21. The van der Waals surface area contributed by atoms with E-state index < -0.39 is 0 Å². The predicted molar refractivity (Wildman–Crippen MR) is 50.5 cm³/mol. The van der Waals surface area contributed by atoms with E-state index >= 15 is 0 Å². The van der Waals surface area contributed by atoms with Crippen molar-refractivity contribution in [3.63, 3.8) is 0 Å². The highest BCUT2D eigenvalue weighted by Gasteiger charge is 1.76. The van der Waals surface area contributed by atoms with Crippen LogP contribution in [0.1, 0.15) is 6.92 Å². The van der Waals surface area contributed by atoms with Crippen LogP contribution in [-0.4, -0.2) is 0 Å². The summed E-state index contributed by atoms with van der Waals surface area (Å²) in [6.07, 6.45) is 6.08. The number of hydrogen-bond acceptors (Lipinski definition) is 0. The Morgan fingerprint density at radius 3 is 2.64 bits per heavy atom. The van der Waals surface area contributed by atoms with Gasteiger partial charge in [0.1, 0.15) is 0 Å². The Bertz CT molecular complexity index is 345. The number of allylic oxidation sites excluding steroid dienone is 2. The molecule has 1 rings (SSSR count). The molecule has 0 heterocycles. The lowest BCUT2D eigenvalue weighted by Gasteiger charge is -1.84. The molecular formula is C11H12. The smallest absolute Gasteiger partial charge is 0.0190 e. The first-order valence-corrected chi connectivity index (χ1v) is 3.71. The van der Waals surface area contributed by atoms with Gasteiger partial charge < -0.3 is 0 Å². The van der Waals surface area contributed by atoms with Gasteiger partial charge in [-0.25, -0.2) is 0 Å². The van der Waals surface area contributed by atoms with Crippen molar-refractivity contribution in [1.29, 1.82) is 0 Å². The maximum Gasteiger partial charge on any atom is -0.0190 e.